The maximum atomic E-state index is 5.93. The Hall–Kier alpha value is -3.15. The van der Waals surface area contributed by atoms with Crippen LogP contribution in [0.2, 0.25) is 0 Å². The molecule has 3 aromatic rings. The van der Waals surface area contributed by atoms with Crippen LogP contribution < -0.4 is 20.1 Å². The number of methoxy groups -OCH3 is 2. The molecular weight excluding hydrogens is 330 g/mol. The summed E-state index contributed by atoms with van der Waals surface area (Å²) >= 11 is 0. The second kappa shape index (κ2) is 7.82. The second-order valence-electron chi connectivity index (χ2n) is 5.77. The van der Waals surface area contributed by atoms with Crippen LogP contribution >= 0.6 is 0 Å². The summed E-state index contributed by atoms with van der Waals surface area (Å²) in [5, 5.41) is 7.65. The van der Waals surface area contributed by atoms with Crippen LogP contribution in [0.25, 0.3) is 11.0 Å². The average Bonchev–Trinajstić information content (AvgIpc) is 3.01. The number of furan rings is 1. The third-order valence-electron chi connectivity index (χ3n) is 4.23. The molecule has 6 nitrogen and oxygen atoms in total. The largest absolute Gasteiger partial charge is 0.493 e. The normalized spacial score (nSPS) is 11.5. The third kappa shape index (κ3) is 3.59. The molecule has 26 heavy (non-hydrogen) atoms. The van der Waals surface area contributed by atoms with Crippen molar-refractivity contribution in [2.75, 3.05) is 26.6 Å². The van der Waals surface area contributed by atoms with E-state index in [2.05, 4.69) is 28.6 Å². The van der Waals surface area contributed by atoms with Gasteiger partial charge < -0.3 is 24.5 Å². The molecule has 0 atom stereocenters. The Kier molecular flexibility index (Phi) is 5.31. The summed E-state index contributed by atoms with van der Waals surface area (Å²) in [5.41, 5.74) is 2.87. The van der Waals surface area contributed by atoms with E-state index in [0.717, 1.165) is 28.0 Å². The van der Waals surface area contributed by atoms with Crippen LogP contribution in [0.3, 0.4) is 0 Å². The molecule has 136 valence electrons. The Morgan fingerprint density at radius 3 is 2.54 bits per heavy atom. The lowest BCUT2D eigenvalue weighted by atomic mass is 10.1. The molecule has 0 saturated carbocycles. The summed E-state index contributed by atoms with van der Waals surface area (Å²) < 4.78 is 16.5. The van der Waals surface area contributed by atoms with Gasteiger partial charge in [-0.1, -0.05) is 18.2 Å². The number of hydrogen-bond acceptors (Lipinski definition) is 4. The summed E-state index contributed by atoms with van der Waals surface area (Å²) in [6.45, 7) is 2.60. The number of fused-ring (bicyclic) bond motifs is 1. The van der Waals surface area contributed by atoms with Gasteiger partial charge in [0.25, 0.3) is 0 Å². The quantitative estimate of drug-likeness (QED) is 0.537. The first-order chi connectivity index (χ1) is 12.7. The number of nitrogens with zero attached hydrogens (tertiary/aromatic N) is 1. The van der Waals surface area contributed by atoms with Crippen LogP contribution in [0.15, 0.2) is 51.9 Å². The minimum atomic E-state index is 0.535. The van der Waals surface area contributed by atoms with Crippen molar-refractivity contribution < 1.29 is 13.9 Å². The fourth-order valence-corrected chi connectivity index (χ4v) is 2.79. The molecule has 2 aromatic carbocycles. The number of hydrogen-bond donors (Lipinski definition) is 2. The van der Waals surface area contributed by atoms with Crippen molar-refractivity contribution in [1.29, 1.82) is 0 Å². The standard InChI is InChI=1S/C20H23N3O3/c1-13-15-7-5-6-8-16(15)26-19(13)12-22-20(21-2)23-14-9-10-17(24-3)18(11-14)25-4/h5-11H,12H2,1-4H3,(H2,21,22,23). The molecule has 0 fully saturated rings. The van der Waals surface area contributed by atoms with Crippen molar-refractivity contribution >= 4 is 22.6 Å². The average molecular weight is 353 g/mol. The lowest BCUT2D eigenvalue weighted by Crippen LogP contribution is -2.30. The SMILES string of the molecule is CN=C(NCc1oc2ccccc2c1C)Nc1ccc(OC)c(OC)c1. The van der Waals surface area contributed by atoms with Gasteiger partial charge in [0, 0.05) is 29.8 Å². The van der Waals surface area contributed by atoms with Gasteiger partial charge >= 0.3 is 0 Å². The molecule has 3 rings (SSSR count). The molecule has 0 spiro atoms. The van der Waals surface area contributed by atoms with E-state index in [4.69, 9.17) is 13.9 Å². The number of guanidine groups is 1. The number of aliphatic imine (C=N–C) groups is 1. The predicted molar refractivity (Wildman–Crippen MR) is 104 cm³/mol. The van der Waals surface area contributed by atoms with Crippen LogP contribution in [0.4, 0.5) is 5.69 Å². The topological polar surface area (TPSA) is 68.0 Å². The van der Waals surface area contributed by atoms with E-state index in [1.165, 1.54) is 0 Å². The third-order valence-corrected chi connectivity index (χ3v) is 4.23. The lowest BCUT2D eigenvalue weighted by molar-refractivity contribution is 0.355. The number of nitrogens with one attached hydrogen (secondary N) is 2. The van der Waals surface area contributed by atoms with Crippen LogP contribution in [0, 0.1) is 6.92 Å². The molecule has 0 amide bonds. The van der Waals surface area contributed by atoms with Crippen molar-refractivity contribution in [3.8, 4) is 11.5 Å². The van der Waals surface area contributed by atoms with Gasteiger partial charge in [-0.25, -0.2) is 0 Å². The van der Waals surface area contributed by atoms with E-state index < -0.39 is 0 Å². The van der Waals surface area contributed by atoms with E-state index in [-0.39, 0.29) is 0 Å². The summed E-state index contributed by atoms with van der Waals surface area (Å²) in [7, 11) is 4.95. The van der Waals surface area contributed by atoms with E-state index in [0.29, 0.717) is 24.0 Å². The Balaban J connectivity index is 1.71. The Morgan fingerprint density at radius 1 is 1.08 bits per heavy atom. The highest BCUT2D eigenvalue weighted by Gasteiger charge is 2.11. The summed E-state index contributed by atoms with van der Waals surface area (Å²) in [4.78, 5) is 4.26. The van der Waals surface area contributed by atoms with E-state index >= 15 is 0 Å². The van der Waals surface area contributed by atoms with E-state index in [1.54, 1.807) is 21.3 Å². The number of para-hydroxylation sites is 1. The van der Waals surface area contributed by atoms with Gasteiger partial charge in [-0.2, -0.15) is 0 Å². The zero-order valence-electron chi connectivity index (χ0n) is 15.4. The zero-order valence-corrected chi connectivity index (χ0v) is 15.4. The van der Waals surface area contributed by atoms with Crippen LogP contribution in [0.5, 0.6) is 11.5 Å². The molecule has 1 aromatic heterocycles. The molecule has 0 aliphatic carbocycles. The van der Waals surface area contributed by atoms with Crippen LogP contribution in [0.1, 0.15) is 11.3 Å². The highest BCUT2D eigenvalue weighted by molar-refractivity contribution is 5.94. The molecule has 0 unspecified atom stereocenters. The molecule has 0 aliphatic heterocycles. The van der Waals surface area contributed by atoms with Gasteiger partial charge in [-0.15, -0.1) is 0 Å². The minimum Gasteiger partial charge on any atom is -0.493 e. The van der Waals surface area contributed by atoms with Gasteiger partial charge in [0.15, 0.2) is 17.5 Å². The summed E-state index contributed by atoms with van der Waals surface area (Å²) in [5.74, 6) is 2.86. The van der Waals surface area contributed by atoms with Gasteiger partial charge in [-0.05, 0) is 25.1 Å². The number of rotatable bonds is 5. The molecule has 0 aliphatic rings. The molecule has 0 bridgehead atoms. The monoisotopic (exact) mass is 353 g/mol. The Bertz CT molecular complexity index is 931. The maximum absolute atomic E-state index is 5.93. The highest BCUT2D eigenvalue weighted by atomic mass is 16.5. The van der Waals surface area contributed by atoms with Crippen molar-refractivity contribution in [1.82, 2.24) is 5.32 Å². The lowest BCUT2D eigenvalue weighted by Gasteiger charge is -2.13. The highest BCUT2D eigenvalue weighted by Crippen LogP contribution is 2.29. The first-order valence-corrected chi connectivity index (χ1v) is 8.33. The van der Waals surface area contributed by atoms with Crippen LogP contribution in [-0.2, 0) is 6.54 Å². The zero-order chi connectivity index (χ0) is 18.5. The fourth-order valence-electron chi connectivity index (χ4n) is 2.79. The molecule has 0 radical (unpaired) electrons. The first-order valence-electron chi connectivity index (χ1n) is 8.33. The summed E-state index contributed by atoms with van der Waals surface area (Å²) in [6, 6.07) is 13.6. The molecule has 1 heterocycles. The number of ether oxygens (including phenoxy) is 2. The smallest absolute Gasteiger partial charge is 0.195 e. The van der Waals surface area contributed by atoms with E-state index in [9.17, 15) is 0 Å². The number of anilines is 1. The fraction of sp³-hybridized carbons (Fsp3) is 0.250. The van der Waals surface area contributed by atoms with E-state index in [1.807, 2.05) is 36.4 Å². The number of aryl methyl sites for hydroxylation is 1. The molecular formula is C20H23N3O3. The molecule has 2 N–H and O–H groups in total. The first kappa shape index (κ1) is 17.7. The van der Waals surface area contributed by atoms with Gasteiger partial charge in [-0.3, -0.25) is 4.99 Å². The Morgan fingerprint density at radius 2 is 1.85 bits per heavy atom. The van der Waals surface area contributed by atoms with Crippen molar-refractivity contribution in [3.05, 3.63) is 53.8 Å². The predicted octanol–water partition coefficient (Wildman–Crippen LogP) is 3.95. The van der Waals surface area contributed by atoms with Crippen molar-refractivity contribution in [3.63, 3.8) is 0 Å². The summed E-state index contributed by atoms with van der Waals surface area (Å²) in [6.07, 6.45) is 0. The number of benzene rings is 2. The maximum Gasteiger partial charge on any atom is 0.195 e. The van der Waals surface area contributed by atoms with Gasteiger partial charge in [0.05, 0.1) is 20.8 Å². The Labute approximate surface area is 152 Å². The van der Waals surface area contributed by atoms with Crippen LogP contribution in [-0.4, -0.2) is 27.2 Å². The molecule has 0 saturated heterocycles. The van der Waals surface area contributed by atoms with Crippen molar-refractivity contribution in [2.24, 2.45) is 4.99 Å². The minimum absolute atomic E-state index is 0.535. The van der Waals surface area contributed by atoms with Gasteiger partial charge in [0.1, 0.15) is 11.3 Å². The molecule has 6 heteroatoms. The van der Waals surface area contributed by atoms with Crippen molar-refractivity contribution in [2.45, 2.75) is 13.5 Å². The second-order valence-corrected chi connectivity index (χ2v) is 5.77. The van der Waals surface area contributed by atoms with Gasteiger partial charge in [0.2, 0.25) is 0 Å².